The Hall–Kier alpha value is 0.270. The molecule has 1 aliphatic heterocycles. The van der Waals surface area contributed by atoms with Crippen LogP contribution in [-0.2, 0) is 17.8 Å². The Bertz CT molecular complexity index is 312. The van der Waals surface area contributed by atoms with Crippen molar-refractivity contribution in [2.75, 3.05) is 13.2 Å². The maximum atomic E-state index is 8.93. The first-order chi connectivity index (χ1) is 7.38. The Balaban J connectivity index is -0.000000142. The minimum atomic E-state index is 0. The van der Waals surface area contributed by atoms with Crippen molar-refractivity contribution in [3.05, 3.63) is 35.4 Å². The van der Waals surface area contributed by atoms with Gasteiger partial charge in [0.25, 0.3) is 0 Å². The summed E-state index contributed by atoms with van der Waals surface area (Å²) in [7, 11) is 0. The van der Waals surface area contributed by atoms with Crippen molar-refractivity contribution in [3.63, 3.8) is 0 Å². The molecule has 0 unspecified atom stereocenters. The van der Waals surface area contributed by atoms with E-state index < -0.39 is 0 Å². The molecule has 2 nitrogen and oxygen atoms in total. The van der Waals surface area contributed by atoms with Crippen LogP contribution in [0.1, 0.15) is 29.7 Å². The molecule has 2 rings (SSSR count). The average Bonchev–Trinajstić information content (AvgIpc) is 2.31. The van der Waals surface area contributed by atoms with Gasteiger partial charge >= 0.3 is 36.2 Å². The molecule has 0 spiro atoms. The van der Waals surface area contributed by atoms with Gasteiger partial charge in [-0.1, -0.05) is 24.3 Å². The van der Waals surface area contributed by atoms with Crippen molar-refractivity contribution in [2.45, 2.75) is 25.9 Å². The summed E-state index contributed by atoms with van der Waals surface area (Å²) in [5.41, 5.74) is 2.37. The summed E-state index contributed by atoms with van der Waals surface area (Å²) < 4.78 is 5.34. The van der Waals surface area contributed by atoms with Crippen molar-refractivity contribution in [1.82, 2.24) is 0 Å². The molecule has 90 valence electrons. The van der Waals surface area contributed by atoms with Crippen LogP contribution in [0, 0.1) is 5.92 Å². The maximum Gasteiger partial charge on any atom is 3.00 e. The molecule has 1 N–H and O–H groups in total. The zero-order valence-corrected chi connectivity index (χ0v) is 11.7. The summed E-state index contributed by atoms with van der Waals surface area (Å²) >= 11 is 0. The molecule has 1 aromatic carbocycles. The zero-order chi connectivity index (χ0) is 10.5. The third kappa shape index (κ3) is 5.62. The minimum Gasteiger partial charge on any atom is -1.00 e. The van der Waals surface area contributed by atoms with Crippen LogP contribution in [0.2, 0.25) is 0 Å². The summed E-state index contributed by atoms with van der Waals surface area (Å²) in [4.78, 5) is 0. The van der Waals surface area contributed by atoms with Gasteiger partial charge in [0, 0.05) is 13.2 Å². The second-order valence-corrected chi connectivity index (χ2v) is 4.23. The molecule has 0 bridgehead atoms. The molecule has 0 amide bonds. The fourth-order valence-electron chi connectivity index (χ4n) is 2.06. The number of hydrogen-bond donors (Lipinski definition) is 1. The summed E-state index contributed by atoms with van der Waals surface area (Å²) in [6.45, 7) is 1.97. The van der Waals surface area contributed by atoms with E-state index in [1.807, 2.05) is 12.1 Å². The van der Waals surface area contributed by atoms with Gasteiger partial charge in [-0.15, -0.1) is 0 Å². The van der Waals surface area contributed by atoms with Crippen LogP contribution >= 0.6 is 0 Å². The molecule has 0 atom stereocenters. The Morgan fingerprint density at radius 1 is 1.12 bits per heavy atom. The van der Waals surface area contributed by atoms with Gasteiger partial charge in [0.15, 0.2) is 0 Å². The molecule has 1 aromatic rings. The van der Waals surface area contributed by atoms with E-state index in [-0.39, 0.29) is 48.5 Å². The Labute approximate surface area is 132 Å². The Morgan fingerprint density at radius 3 is 2.18 bits per heavy atom. The number of ether oxygens (including phenoxy) is 1. The predicted molar refractivity (Wildman–Crippen MR) is 69.8 cm³/mol. The van der Waals surface area contributed by atoms with Gasteiger partial charge in [-0.2, -0.15) is 0 Å². The zero-order valence-electron chi connectivity index (χ0n) is 14.6. The molecule has 0 radical (unpaired) electrons. The molecular formula is C13H22AlLiO2. The minimum absolute atomic E-state index is 0. The van der Waals surface area contributed by atoms with Crippen LogP contribution in [0.5, 0.6) is 0 Å². The summed E-state index contributed by atoms with van der Waals surface area (Å²) in [5, 5.41) is 8.93. The summed E-state index contributed by atoms with van der Waals surface area (Å²) in [6, 6.07) is 8.27. The van der Waals surface area contributed by atoms with Crippen LogP contribution in [0.4, 0.5) is 0 Å². The van der Waals surface area contributed by atoms with E-state index in [1.165, 1.54) is 18.4 Å². The summed E-state index contributed by atoms with van der Waals surface area (Å²) in [6.07, 6.45) is 3.51. The molecular weight excluding hydrogens is 222 g/mol. The Morgan fingerprint density at radius 2 is 1.65 bits per heavy atom. The first-order valence-corrected chi connectivity index (χ1v) is 5.65. The smallest absolute Gasteiger partial charge is 1.00 e. The van der Waals surface area contributed by atoms with Crippen LogP contribution in [0.3, 0.4) is 0 Å². The molecule has 0 saturated carbocycles. The quantitative estimate of drug-likeness (QED) is 0.707. The van der Waals surface area contributed by atoms with Gasteiger partial charge < -0.3 is 15.5 Å². The van der Waals surface area contributed by atoms with Crippen molar-refractivity contribution in [2.24, 2.45) is 5.92 Å². The average molecular weight is 244 g/mol. The number of aliphatic hydroxyl groups excluding tert-OH is 1. The van der Waals surface area contributed by atoms with Gasteiger partial charge in [-0.25, -0.2) is 0 Å². The molecule has 1 aliphatic rings. The van der Waals surface area contributed by atoms with Crippen molar-refractivity contribution < 1.29 is 34.4 Å². The van der Waals surface area contributed by atoms with E-state index >= 15 is 0 Å². The van der Waals surface area contributed by atoms with Gasteiger partial charge in [-0.3, -0.25) is 0 Å². The normalized spacial score (nSPS) is 15.8. The fraction of sp³-hybridized carbons (Fsp3) is 0.538. The first kappa shape index (κ1) is 17.3. The SMILES string of the molecule is OCc1ccc(CC2CCOCC2)cc1.[Al+3].[H-].[H-].[H-].[H-].[Li+]. The van der Waals surface area contributed by atoms with Crippen molar-refractivity contribution in [3.8, 4) is 0 Å². The van der Waals surface area contributed by atoms with Crippen LogP contribution in [0.25, 0.3) is 0 Å². The monoisotopic (exact) mass is 244 g/mol. The standard InChI is InChI=1S/C13H18O2.Al.Li.4H/c14-10-13-3-1-11(2-4-13)9-12-5-7-15-8-6-12;;;;;;/h1-4,12,14H,5-10H2;;;;;;/q;+3;+1;4*-1. The van der Waals surface area contributed by atoms with Gasteiger partial charge in [0.1, 0.15) is 0 Å². The molecule has 17 heavy (non-hydrogen) atoms. The second-order valence-electron chi connectivity index (χ2n) is 4.23. The first-order valence-electron chi connectivity index (χ1n) is 5.65. The number of rotatable bonds is 3. The molecule has 0 aliphatic carbocycles. The maximum absolute atomic E-state index is 8.93. The van der Waals surface area contributed by atoms with Crippen LogP contribution < -0.4 is 18.9 Å². The number of aliphatic hydroxyl groups is 1. The number of benzene rings is 1. The number of hydrogen-bond acceptors (Lipinski definition) is 2. The summed E-state index contributed by atoms with van der Waals surface area (Å²) in [5.74, 6) is 0.777. The van der Waals surface area contributed by atoms with Crippen molar-refractivity contribution >= 4 is 17.4 Å². The molecule has 1 heterocycles. The van der Waals surface area contributed by atoms with Crippen LogP contribution in [-0.4, -0.2) is 35.7 Å². The Kier molecular flexibility index (Phi) is 9.38. The third-order valence-corrected chi connectivity index (χ3v) is 3.07. The van der Waals surface area contributed by atoms with E-state index in [1.54, 1.807) is 0 Å². The van der Waals surface area contributed by atoms with E-state index in [4.69, 9.17) is 9.84 Å². The van der Waals surface area contributed by atoms with Crippen LogP contribution in [0.15, 0.2) is 24.3 Å². The molecule has 0 aromatic heterocycles. The molecule has 1 saturated heterocycles. The van der Waals surface area contributed by atoms with Gasteiger partial charge in [0.05, 0.1) is 6.61 Å². The van der Waals surface area contributed by atoms with E-state index in [0.29, 0.717) is 0 Å². The van der Waals surface area contributed by atoms with Gasteiger partial charge in [-0.05, 0) is 36.3 Å². The topological polar surface area (TPSA) is 29.5 Å². The third-order valence-electron chi connectivity index (χ3n) is 3.07. The predicted octanol–water partition coefficient (Wildman–Crippen LogP) is -0.779. The molecule has 1 fully saturated rings. The van der Waals surface area contributed by atoms with E-state index in [9.17, 15) is 0 Å². The second kappa shape index (κ2) is 9.23. The fourth-order valence-corrected chi connectivity index (χ4v) is 2.06. The van der Waals surface area contributed by atoms with E-state index in [0.717, 1.165) is 31.1 Å². The van der Waals surface area contributed by atoms with E-state index in [2.05, 4.69) is 12.1 Å². The largest absolute Gasteiger partial charge is 3.00 e. The van der Waals surface area contributed by atoms with Gasteiger partial charge in [0.2, 0.25) is 0 Å². The molecule has 4 heteroatoms. The van der Waals surface area contributed by atoms with Crippen molar-refractivity contribution in [1.29, 1.82) is 0 Å².